The number of hydrogen-bond donors (Lipinski definition) is 0. The van der Waals surface area contributed by atoms with Gasteiger partial charge >= 0.3 is 6.03 Å². The molecule has 5 rings (SSSR count). The summed E-state index contributed by atoms with van der Waals surface area (Å²) in [6.07, 6.45) is 1.57. The first-order valence-electron chi connectivity index (χ1n) is 10.2. The van der Waals surface area contributed by atoms with Gasteiger partial charge in [0, 0.05) is 0 Å². The van der Waals surface area contributed by atoms with Gasteiger partial charge in [-0.25, -0.2) is 14.6 Å². The van der Waals surface area contributed by atoms with Crippen LogP contribution in [0.2, 0.25) is 0 Å². The zero-order chi connectivity index (χ0) is 22.1. The molecule has 0 unspecified atom stereocenters. The third kappa shape index (κ3) is 3.26. The molecule has 0 aliphatic carbocycles. The van der Waals surface area contributed by atoms with Crippen LogP contribution in [-0.2, 0) is 9.59 Å². The Hall–Kier alpha value is -4.51. The Kier molecular flexibility index (Phi) is 4.84. The highest BCUT2D eigenvalue weighted by Gasteiger charge is 2.43. The Morgan fingerprint density at radius 1 is 0.531 bits per heavy atom. The molecule has 0 bridgehead atoms. The van der Waals surface area contributed by atoms with Crippen LogP contribution in [0, 0.1) is 0 Å². The summed E-state index contributed by atoms with van der Waals surface area (Å²) in [4.78, 5) is 42.3. The standard InChI is InChI=1S/C27H18N2O3/c30-25-24(18-20-12-9-11-19-10-7-8-17-23(19)20)26(31)29(22-15-5-2-6-16-22)27(32)28(25)21-13-3-1-4-14-21/h1-18H. The van der Waals surface area contributed by atoms with E-state index in [1.807, 2.05) is 42.5 Å². The number of barbiturate groups is 1. The van der Waals surface area contributed by atoms with Gasteiger partial charge in [-0.05, 0) is 46.7 Å². The summed E-state index contributed by atoms with van der Waals surface area (Å²) in [6.45, 7) is 0. The van der Waals surface area contributed by atoms with Crippen molar-refractivity contribution >= 4 is 46.1 Å². The van der Waals surface area contributed by atoms with E-state index in [-0.39, 0.29) is 5.57 Å². The Morgan fingerprint density at radius 2 is 1.03 bits per heavy atom. The van der Waals surface area contributed by atoms with E-state index >= 15 is 0 Å². The third-order valence-electron chi connectivity index (χ3n) is 5.40. The Morgan fingerprint density at radius 3 is 1.62 bits per heavy atom. The van der Waals surface area contributed by atoms with Gasteiger partial charge < -0.3 is 0 Å². The number of amides is 4. The summed E-state index contributed by atoms with van der Waals surface area (Å²) in [5, 5.41) is 1.91. The minimum absolute atomic E-state index is 0.0753. The monoisotopic (exact) mass is 418 g/mol. The van der Waals surface area contributed by atoms with Gasteiger partial charge in [-0.15, -0.1) is 0 Å². The van der Waals surface area contributed by atoms with Crippen LogP contribution in [0.4, 0.5) is 16.2 Å². The summed E-state index contributed by atoms with van der Waals surface area (Å²) in [7, 11) is 0. The van der Waals surface area contributed by atoms with Crippen molar-refractivity contribution in [2.75, 3.05) is 9.80 Å². The van der Waals surface area contributed by atoms with Crippen LogP contribution < -0.4 is 9.80 Å². The fourth-order valence-corrected chi connectivity index (χ4v) is 3.87. The number of anilines is 2. The highest BCUT2D eigenvalue weighted by molar-refractivity contribution is 6.46. The summed E-state index contributed by atoms with van der Waals surface area (Å²) in [5.41, 5.74) is 1.46. The number of carbonyl (C=O) groups is 3. The van der Waals surface area contributed by atoms with E-state index in [0.29, 0.717) is 11.4 Å². The fourth-order valence-electron chi connectivity index (χ4n) is 3.87. The molecule has 1 aliphatic heterocycles. The summed E-state index contributed by atoms with van der Waals surface area (Å²) >= 11 is 0. The molecule has 1 fully saturated rings. The van der Waals surface area contributed by atoms with Gasteiger partial charge in [-0.3, -0.25) is 9.59 Å². The van der Waals surface area contributed by atoms with Gasteiger partial charge in [0.25, 0.3) is 11.8 Å². The normalized spacial score (nSPS) is 14.2. The molecule has 32 heavy (non-hydrogen) atoms. The fraction of sp³-hybridized carbons (Fsp3) is 0. The summed E-state index contributed by atoms with van der Waals surface area (Å²) in [5.74, 6) is -1.29. The zero-order valence-electron chi connectivity index (χ0n) is 17.0. The molecule has 4 aromatic rings. The van der Waals surface area contributed by atoms with E-state index in [9.17, 15) is 14.4 Å². The van der Waals surface area contributed by atoms with Crippen LogP contribution in [0.3, 0.4) is 0 Å². The van der Waals surface area contributed by atoms with Crippen LogP contribution >= 0.6 is 0 Å². The summed E-state index contributed by atoms with van der Waals surface area (Å²) in [6, 6.07) is 30.0. The maximum Gasteiger partial charge on any atom is 0.343 e. The number of imide groups is 2. The number of para-hydroxylation sites is 2. The third-order valence-corrected chi connectivity index (χ3v) is 5.40. The first-order valence-corrected chi connectivity index (χ1v) is 10.2. The molecule has 0 aromatic heterocycles. The van der Waals surface area contributed by atoms with Gasteiger partial charge in [0.15, 0.2) is 0 Å². The number of benzene rings is 4. The molecule has 0 atom stereocenters. The number of rotatable bonds is 3. The van der Waals surface area contributed by atoms with E-state index in [1.165, 1.54) is 0 Å². The number of fused-ring (bicyclic) bond motifs is 1. The van der Waals surface area contributed by atoms with Crippen molar-refractivity contribution in [3.8, 4) is 0 Å². The van der Waals surface area contributed by atoms with E-state index in [4.69, 9.17) is 0 Å². The van der Waals surface area contributed by atoms with E-state index in [1.54, 1.807) is 66.7 Å². The Labute approximate surface area is 184 Å². The van der Waals surface area contributed by atoms with Crippen LogP contribution in [0.1, 0.15) is 5.56 Å². The Balaban J connectivity index is 1.70. The van der Waals surface area contributed by atoms with Crippen molar-refractivity contribution in [3.63, 3.8) is 0 Å². The van der Waals surface area contributed by atoms with Gasteiger partial charge in [0.1, 0.15) is 5.57 Å². The molecule has 154 valence electrons. The van der Waals surface area contributed by atoms with Crippen LogP contribution in [0.15, 0.2) is 109 Å². The van der Waals surface area contributed by atoms with Crippen LogP contribution in [-0.4, -0.2) is 17.8 Å². The molecule has 0 spiro atoms. The maximum atomic E-state index is 13.5. The first-order chi connectivity index (χ1) is 15.6. The molecule has 0 saturated carbocycles. The highest BCUT2D eigenvalue weighted by atomic mass is 16.2. The van der Waals surface area contributed by atoms with E-state index < -0.39 is 17.8 Å². The van der Waals surface area contributed by atoms with Gasteiger partial charge in [0.05, 0.1) is 11.4 Å². The molecule has 1 aliphatic rings. The van der Waals surface area contributed by atoms with E-state index in [2.05, 4.69) is 0 Å². The van der Waals surface area contributed by atoms with Gasteiger partial charge in [-0.2, -0.15) is 0 Å². The number of hydrogen-bond acceptors (Lipinski definition) is 3. The second kappa shape index (κ2) is 7.96. The molecular formula is C27H18N2O3. The minimum Gasteiger partial charge on any atom is -0.268 e. The van der Waals surface area contributed by atoms with Crippen molar-refractivity contribution < 1.29 is 14.4 Å². The molecular weight excluding hydrogens is 400 g/mol. The predicted octanol–water partition coefficient (Wildman–Crippen LogP) is 5.42. The molecule has 4 amide bonds. The quantitative estimate of drug-likeness (QED) is 0.330. The van der Waals surface area contributed by atoms with Crippen molar-refractivity contribution in [3.05, 3.63) is 114 Å². The minimum atomic E-state index is -0.701. The van der Waals surface area contributed by atoms with E-state index in [0.717, 1.165) is 26.1 Å². The SMILES string of the molecule is O=C1C(=Cc2cccc3ccccc23)C(=O)N(c2ccccc2)C(=O)N1c1ccccc1. The highest BCUT2D eigenvalue weighted by Crippen LogP contribution is 2.30. The molecule has 4 aromatic carbocycles. The van der Waals surface area contributed by atoms with Gasteiger partial charge in [0.2, 0.25) is 0 Å². The number of carbonyl (C=O) groups excluding carboxylic acids is 3. The molecule has 5 nitrogen and oxygen atoms in total. The lowest BCUT2D eigenvalue weighted by Crippen LogP contribution is -2.57. The Bertz CT molecular complexity index is 1310. The smallest absolute Gasteiger partial charge is 0.268 e. The van der Waals surface area contributed by atoms with Crippen LogP contribution in [0.25, 0.3) is 16.8 Å². The maximum absolute atomic E-state index is 13.5. The van der Waals surface area contributed by atoms with Crippen molar-refractivity contribution in [2.45, 2.75) is 0 Å². The van der Waals surface area contributed by atoms with Crippen molar-refractivity contribution in [1.82, 2.24) is 0 Å². The molecule has 1 saturated heterocycles. The van der Waals surface area contributed by atoms with Crippen molar-refractivity contribution in [2.24, 2.45) is 0 Å². The number of urea groups is 1. The molecule has 0 radical (unpaired) electrons. The molecule has 0 N–H and O–H groups in total. The largest absolute Gasteiger partial charge is 0.343 e. The molecule has 1 heterocycles. The van der Waals surface area contributed by atoms with Gasteiger partial charge in [-0.1, -0.05) is 78.9 Å². The average Bonchev–Trinajstić information content (AvgIpc) is 2.83. The second-order valence-corrected chi connectivity index (χ2v) is 7.36. The van der Waals surface area contributed by atoms with Crippen LogP contribution in [0.5, 0.6) is 0 Å². The van der Waals surface area contributed by atoms with Crippen molar-refractivity contribution in [1.29, 1.82) is 0 Å². The molecule has 5 heteroatoms. The lowest BCUT2D eigenvalue weighted by Gasteiger charge is -2.34. The average molecular weight is 418 g/mol. The lowest BCUT2D eigenvalue weighted by atomic mass is 10.00. The predicted molar refractivity (Wildman–Crippen MR) is 125 cm³/mol. The zero-order valence-corrected chi connectivity index (χ0v) is 17.0. The first kappa shape index (κ1) is 19.5. The lowest BCUT2D eigenvalue weighted by molar-refractivity contribution is -0.121. The topological polar surface area (TPSA) is 57.7 Å². The summed E-state index contributed by atoms with van der Waals surface area (Å²) < 4.78 is 0. The second-order valence-electron chi connectivity index (χ2n) is 7.36. The number of nitrogens with zero attached hydrogens (tertiary/aromatic N) is 2.